The summed E-state index contributed by atoms with van der Waals surface area (Å²) in [6.07, 6.45) is 11.0. The second-order valence-electron chi connectivity index (χ2n) is 5.38. The van der Waals surface area contributed by atoms with Crippen LogP contribution in [0.15, 0.2) is 42.6 Å². The Bertz CT molecular complexity index is 428. The van der Waals surface area contributed by atoms with Crippen molar-refractivity contribution in [2.24, 2.45) is 5.92 Å². The highest BCUT2D eigenvalue weighted by molar-refractivity contribution is 5.25. The zero-order valence-corrected chi connectivity index (χ0v) is 11.7. The topological polar surface area (TPSA) is 11.4 Å². The van der Waals surface area contributed by atoms with Gasteiger partial charge >= 0.3 is 0 Å². The van der Waals surface area contributed by atoms with Crippen LogP contribution in [0.25, 0.3) is 0 Å². The van der Waals surface area contributed by atoms with E-state index in [2.05, 4.69) is 85.2 Å². The van der Waals surface area contributed by atoms with E-state index in [1.165, 1.54) is 5.69 Å². The molecule has 1 unspecified atom stereocenters. The van der Waals surface area contributed by atoms with Gasteiger partial charge in [-0.25, -0.2) is 0 Å². The van der Waals surface area contributed by atoms with Crippen molar-refractivity contribution in [3.05, 3.63) is 48.3 Å². The smallest absolute Gasteiger partial charge is 0.0743 e. The number of allylic oxidation sites excluding steroid dienone is 2. The zero-order chi connectivity index (χ0) is 13.1. The fourth-order valence-corrected chi connectivity index (χ4v) is 2.59. The third-order valence-electron chi connectivity index (χ3n) is 3.30. The molecule has 98 valence electrons. The molecule has 1 aromatic rings. The number of hydrogen-bond donors (Lipinski definition) is 0. The molecule has 0 N–H and O–H groups in total. The van der Waals surface area contributed by atoms with E-state index in [1.807, 2.05) is 0 Å². The van der Waals surface area contributed by atoms with Crippen LogP contribution in [0.2, 0.25) is 0 Å². The normalized spacial score (nSPS) is 17.2. The van der Waals surface area contributed by atoms with Crippen LogP contribution in [-0.4, -0.2) is 42.6 Å². The van der Waals surface area contributed by atoms with Gasteiger partial charge in [-0.05, 0) is 40.3 Å². The van der Waals surface area contributed by atoms with E-state index < -0.39 is 0 Å². The molecule has 0 saturated carbocycles. The average molecular weight is 245 g/mol. The first-order valence-electron chi connectivity index (χ1n) is 6.41. The van der Waals surface area contributed by atoms with E-state index in [0.717, 1.165) is 6.67 Å². The molecule has 1 atom stereocenters. The van der Waals surface area contributed by atoms with Crippen LogP contribution in [-0.2, 0) is 6.67 Å². The second kappa shape index (κ2) is 5.55. The lowest BCUT2D eigenvalue weighted by molar-refractivity contribution is 0.240. The fourth-order valence-electron chi connectivity index (χ4n) is 2.59. The van der Waals surface area contributed by atoms with E-state index in [9.17, 15) is 0 Å². The molecule has 0 fully saturated rings. The molecule has 0 amide bonds. The van der Waals surface area contributed by atoms with Crippen molar-refractivity contribution in [2.45, 2.75) is 12.7 Å². The summed E-state index contributed by atoms with van der Waals surface area (Å²) in [6.45, 7) is 0.923. The van der Waals surface area contributed by atoms with E-state index in [0.29, 0.717) is 12.0 Å². The minimum Gasteiger partial charge on any atom is -0.337 e. The van der Waals surface area contributed by atoms with Crippen molar-refractivity contribution >= 4 is 0 Å². The monoisotopic (exact) mass is 245 g/mol. The van der Waals surface area contributed by atoms with E-state index in [-0.39, 0.29) is 0 Å². The summed E-state index contributed by atoms with van der Waals surface area (Å²) in [4.78, 5) is 4.49. The quantitative estimate of drug-likeness (QED) is 0.789. The fraction of sp³-hybridized carbons (Fsp3) is 0.467. The minimum absolute atomic E-state index is 0.398. The lowest BCUT2D eigenvalue weighted by Crippen LogP contribution is -2.29. The molecule has 0 radical (unpaired) electrons. The van der Waals surface area contributed by atoms with Gasteiger partial charge < -0.3 is 9.47 Å². The van der Waals surface area contributed by atoms with Crippen molar-refractivity contribution in [3.63, 3.8) is 0 Å². The minimum atomic E-state index is 0.398. The van der Waals surface area contributed by atoms with Crippen molar-refractivity contribution in [3.8, 4) is 0 Å². The lowest BCUT2D eigenvalue weighted by Gasteiger charge is -2.30. The molecule has 0 saturated heterocycles. The van der Waals surface area contributed by atoms with Crippen molar-refractivity contribution in [1.82, 2.24) is 14.4 Å². The zero-order valence-electron chi connectivity index (χ0n) is 11.7. The highest BCUT2D eigenvalue weighted by Gasteiger charge is 2.25. The molecule has 3 heteroatoms. The Hall–Kier alpha value is -1.32. The predicted octanol–water partition coefficient (Wildman–Crippen LogP) is 2.35. The summed E-state index contributed by atoms with van der Waals surface area (Å²) in [5.74, 6) is 0.468. The Morgan fingerprint density at radius 3 is 2.39 bits per heavy atom. The molecule has 2 rings (SSSR count). The standard InChI is InChI=1S/C15H23N3/c1-16(2)12-18-11-7-10-14(18)15(17(3)4)13-8-5-6-9-13/h5-11,13,15H,12H2,1-4H3. The largest absolute Gasteiger partial charge is 0.337 e. The number of nitrogens with zero attached hydrogens (tertiary/aromatic N) is 3. The first-order valence-corrected chi connectivity index (χ1v) is 6.41. The number of aromatic nitrogens is 1. The Kier molecular flexibility index (Phi) is 4.04. The molecular weight excluding hydrogens is 222 g/mol. The van der Waals surface area contributed by atoms with Crippen molar-refractivity contribution < 1.29 is 0 Å². The highest BCUT2D eigenvalue weighted by atomic mass is 15.2. The predicted molar refractivity (Wildman–Crippen MR) is 76.3 cm³/mol. The van der Waals surface area contributed by atoms with Crippen LogP contribution in [0.5, 0.6) is 0 Å². The summed E-state index contributed by atoms with van der Waals surface area (Å²) in [7, 11) is 8.50. The number of rotatable bonds is 5. The second-order valence-corrected chi connectivity index (χ2v) is 5.38. The van der Waals surface area contributed by atoms with Gasteiger partial charge in [0, 0.05) is 17.8 Å². The van der Waals surface area contributed by atoms with E-state index in [1.54, 1.807) is 0 Å². The molecule has 3 nitrogen and oxygen atoms in total. The molecule has 0 aromatic carbocycles. The Labute approximate surface area is 110 Å². The Morgan fingerprint density at radius 1 is 1.17 bits per heavy atom. The van der Waals surface area contributed by atoms with Crippen molar-refractivity contribution in [1.29, 1.82) is 0 Å². The van der Waals surface area contributed by atoms with Gasteiger partial charge in [-0.2, -0.15) is 0 Å². The van der Waals surface area contributed by atoms with Gasteiger partial charge in [0.05, 0.1) is 12.7 Å². The first-order chi connectivity index (χ1) is 8.59. The maximum Gasteiger partial charge on any atom is 0.0743 e. The van der Waals surface area contributed by atoms with Crippen LogP contribution in [0.3, 0.4) is 0 Å². The Morgan fingerprint density at radius 2 is 1.83 bits per heavy atom. The molecule has 0 bridgehead atoms. The summed E-state index contributed by atoms with van der Waals surface area (Å²) < 4.78 is 2.32. The lowest BCUT2D eigenvalue weighted by atomic mass is 9.97. The van der Waals surface area contributed by atoms with Gasteiger partial charge in [0.1, 0.15) is 0 Å². The van der Waals surface area contributed by atoms with Crippen molar-refractivity contribution in [2.75, 3.05) is 28.2 Å². The average Bonchev–Trinajstić information content (AvgIpc) is 2.90. The molecule has 1 aliphatic carbocycles. The van der Waals surface area contributed by atoms with Gasteiger partial charge in [0.25, 0.3) is 0 Å². The van der Waals surface area contributed by atoms with Gasteiger partial charge in [0.2, 0.25) is 0 Å². The molecule has 18 heavy (non-hydrogen) atoms. The molecule has 1 aliphatic rings. The first kappa shape index (κ1) is 13.1. The van der Waals surface area contributed by atoms with Gasteiger partial charge in [0.15, 0.2) is 0 Å². The van der Waals surface area contributed by atoms with Gasteiger partial charge in [-0.1, -0.05) is 24.3 Å². The van der Waals surface area contributed by atoms with Crippen LogP contribution in [0, 0.1) is 5.92 Å². The van der Waals surface area contributed by atoms with Crippen LogP contribution in [0.1, 0.15) is 11.7 Å². The van der Waals surface area contributed by atoms with Gasteiger partial charge in [-0.3, -0.25) is 4.90 Å². The SMILES string of the molecule is CN(C)Cn1cccc1C(C1C=CC=C1)N(C)C. The van der Waals surface area contributed by atoms with E-state index in [4.69, 9.17) is 0 Å². The summed E-state index contributed by atoms with van der Waals surface area (Å²) in [5.41, 5.74) is 1.37. The molecule has 1 aromatic heterocycles. The number of hydrogen-bond acceptors (Lipinski definition) is 2. The maximum atomic E-state index is 2.32. The van der Waals surface area contributed by atoms with Crippen LogP contribution in [0.4, 0.5) is 0 Å². The van der Waals surface area contributed by atoms with E-state index >= 15 is 0 Å². The molecule has 0 spiro atoms. The molecule has 1 heterocycles. The summed E-state index contributed by atoms with van der Waals surface area (Å²) in [6, 6.07) is 4.77. The highest BCUT2D eigenvalue weighted by Crippen LogP contribution is 2.31. The molecule has 0 aliphatic heterocycles. The van der Waals surface area contributed by atoms with Crippen LogP contribution >= 0.6 is 0 Å². The summed E-state index contributed by atoms with van der Waals surface area (Å²) in [5, 5.41) is 0. The summed E-state index contributed by atoms with van der Waals surface area (Å²) >= 11 is 0. The third kappa shape index (κ3) is 2.74. The van der Waals surface area contributed by atoms with Gasteiger partial charge in [-0.15, -0.1) is 0 Å². The maximum absolute atomic E-state index is 2.32. The molecular formula is C15H23N3. The Balaban J connectivity index is 2.28. The third-order valence-corrected chi connectivity index (χ3v) is 3.30. The van der Waals surface area contributed by atoms with Crippen LogP contribution < -0.4 is 0 Å².